The van der Waals surface area contributed by atoms with Crippen LogP contribution in [-0.4, -0.2) is 39.9 Å². The minimum Gasteiger partial charge on any atom is -0.507 e. The van der Waals surface area contributed by atoms with E-state index in [0.29, 0.717) is 16.9 Å². The molecule has 1 N–H and O–H groups in total. The Labute approximate surface area is 192 Å². The largest absolute Gasteiger partial charge is 0.507 e. The molecule has 0 spiro atoms. The Bertz CT molecular complexity index is 1190. The van der Waals surface area contributed by atoms with Crippen molar-refractivity contribution in [2.75, 3.05) is 22.9 Å². The van der Waals surface area contributed by atoms with Gasteiger partial charge >= 0.3 is 0 Å². The van der Waals surface area contributed by atoms with Crippen molar-refractivity contribution in [3.8, 4) is 0 Å². The van der Waals surface area contributed by atoms with Gasteiger partial charge in [-0.3, -0.25) is 24.5 Å². The van der Waals surface area contributed by atoms with Crippen molar-refractivity contribution in [2.24, 2.45) is 0 Å². The fourth-order valence-electron chi connectivity index (χ4n) is 4.56. The van der Waals surface area contributed by atoms with Gasteiger partial charge in [0.1, 0.15) is 11.8 Å². The lowest BCUT2D eigenvalue weighted by Gasteiger charge is -2.30. The third-order valence-corrected chi connectivity index (χ3v) is 6.22. The minimum atomic E-state index is -0.833. The molecule has 1 atom stereocenters. The number of Topliss-reactive ketones (excluding diaryl/α,β-unsaturated/α-hetero) is 1. The first kappa shape index (κ1) is 20.9. The topological polar surface area (TPSA) is 86.6 Å². The monoisotopic (exact) mass is 440 g/mol. The highest BCUT2D eigenvalue weighted by atomic mass is 16.3. The molecule has 1 aromatic carbocycles. The van der Waals surface area contributed by atoms with E-state index in [1.165, 1.54) is 36.6 Å². The molecule has 2 aromatic heterocycles. The molecule has 0 bridgehead atoms. The van der Waals surface area contributed by atoms with Crippen LogP contribution in [0.4, 0.5) is 11.4 Å². The first-order valence-electron chi connectivity index (χ1n) is 11.1. The Hall–Kier alpha value is -4.00. The van der Waals surface area contributed by atoms with Crippen LogP contribution in [-0.2, 0) is 9.59 Å². The molecular weight excluding hydrogens is 416 g/mol. The fourth-order valence-corrected chi connectivity index (χ4v) is 4.56. The van der Waals surface area contributed by atoms with E-state index >= 15 is 0 Å². The van der Waals surface area contributed by atoms with Gasteiger partial charge < -0.3 is 10.0 Å². The van der Waals surface area contributed by atoms with E-state index in [-0.39, 0.29) is 11.3 Å². The molecule has 33 heavy (non-hydrogen) atoms. The molecule has 0 radical (unpaired) electrons. The number of piperidine rings is 1. The zero-order valence-corrected chi connectivity index (χ0v) is 18.1. The third kappa shape index (κ3) is 3.86. The lowest BCUT2D eigenvalue weighted by molar-refractivity contribution is -0.132. The molecule has 2 saturated heterocycles. The zero-order chi connectivity index (χ0) is 22.8. The number of benzene rings is 1. The molecule has 166 valence electrons. The highest BCUT2D eigenvalue weighted by Crippen LogP contribution is 2.41. The minimum absolute atomic E-state index is 0.0185. The summed E-state index contributed by atoms with van der Waals surface area (Å²) < 4.78 is 0. The molecule has 4 heterocycles. The molecular formula is C26H24N4O3. The molecule has 2 aliphatic rings. The summed E-state index contributed by atoms with van der Waals surface area (Å²) in [7, 11) is 0. The van der Waals surface area contributed by atoms with Gasteiger partial charge in [0.25, 0.3) is 11.7 Å². The zero-order valence-electron chi connectivity index (χ0n) is 18.1. The van der Waals surface area contributed by atoms with Crippen molar-refractivity contribution >= 4 is 28.8 Å². The third-order valence-electron chi connectivity index (χ3n) is 6.22. The Morgan fingerprint density at radius 2 is 1.55 bits per heavy atom. The smallest absolute Gasteiger partial charge is 0.300 e. The number of aromatic nitrogens is 2. The number of anilines is 2. The predicted octanol–water partition coefficient (Wildman–Crippen LogP) is 4.09. The van der Waals surface area contributed by atoms with Crippen LogP contribution in [0.3, 0.4) is 0 Å². The molecule has 7 nitrogen and oxygen atoms in total. The van der Waals surface area contributed by atoms with E-state index in [1.807, 2.05) is 24.3 Å². The number of carbonyl (C=O) groups excluding carboxylic acids is 2. The van der Waals surface area contributed by atoms with Gasteiger partial charge in [-0.2, -0.15) is 0 Å². The standard InChI is InChI=1S/C26H24N4O3/c31-24(18-11-14-27-15-12-18)22-23(21-6-2-3-13-28-21)30(26(33)25(22)32)20-9-7-19(8-10-20)29-16-4-1-5-17-29/h2-3,6-15,23,31H,1,4-5,16-17H2/b24-22+. The highest BCUT2D eigenvalue weighted by Gasteiger charge is 2.47. The molecule has 5 rings (SSSR count). The van der Waals surface area contributed by atoms with Gasteiger partial charge in [0.15, 0.2) is 0 Å². The van der Waals surface area contributed by atoms with Gasteiger partial charge in [0, 0.05) is 48.6 Å². The number of ketones is 1. The number of aliphatic hydroxyl groups excluding tert-OH is 1. The number of hydrogen-bond donors (Lipinski definition) is 1. The fraction of sp³-hybridized carbons (Fsp3) is 0.231. The first-order valence-corrected chi connectivity index (χ1v) is 11.1. The van der Waals surface area contributed by atoms with Crippen molar-refractivity contribution in [1.82, 2.24) is 9.97 Å². The van der Waals surface area contributed by atoms with E-state index < -0.39 is 17.7 Å². The molecule has 3 aromatic rings. The Morgan fingerprint density at radius 3 is 2.21 bits per heavy atom. The molecule has 2 fully saturated rings. The Kier molecular flexibility index (Phi) is 5.60. The molecule has 2 aliphatic heterocycles. The van der Waals surface area contributed by atoms with Crippen molar-refractivity contribution in [2.45, 2.75) is 25.3 Å². The maximum absolute atomic E-state index is 13.2. The second-order valence-electron chi connectivity index (χ2n) is 8.22. The van der Waals surface area contributed by atoms with Gasteiger partial charge in [-0.05, 0) is 67.8 Å². The first-order chi connectivity index (χ1) is 16.1. The highest BCUT2D eigenvalue weighted by molar-refractivity contribution is 6.51. The van der Waals surface area contributed by atoms with E-state index in [0.717, 1.165) is 18.8 Å². The number of carbonyl (C=O) groups is 2. The second-order valence-corrected chi connectivity index (χ2v) is 8.22. The van der Waals surface area contributed by atoms with Crippen LogP contribution >= 0.6 is 0 Å². The predicted molar refractivity (Wildman–Crippen MR) is 126 cm³/mol. The lowest BCUT2D eigenvalue weighted by Crippen LogP contribution is -2.31. The summed E-state index contributed by atoms with van der Waals surface area (Å²) in [6.45, 7) is 2.04. The number of pyridine rings is 2. The Balaban J connectivity index is 1.59. The van der Waals surface area contributed by atoms with Crippen molar-refractivity contribution < 1.29 is 14.7 Å². The van der Waals surface area contributed by atoms with Gasteiger partial charge in [-0.25, -0.2) is 0 Å². The summed E-state index contributed by atoms with van der Waals surface area (Å²) in [6, 6.07) is 15.4. The van der Waals surface area contributed by atoms with E-state index in [2.05, 4.69) is 14.9 Å². The van der Waals surface area contributed by atoms with Crippen molar-refractivity contribution in [3.05, 3.63) is 90.0 Å². The summed E-state index contributed by atoms with van der Waals surface area (Å²) in [5, 5.41) is 11.0. The van der Waals surface area contributed by atoms with Crippen LogP contribution in [0, 0.1) is 0 Å². The van der Waals surface area contributed by atoms with Crippen LogP contribution in [0.1, 0.15) is 36.6 Å². The normalized spacial score (nSPS) is 20.3. The summed E-state index contributed by atoms with van der Waals surface area (Å²) in [4.78, 5) is 38.5. The van der Waals surface area contributed by atoms with Crippen LogP contribution < -0.4 is 9.80 Å². The quantitative estimate of drug-likeness (QED) is 0.374. The van der Waals surface area contributed by atoms with Gasteiger partial charge in [-0.1, -0.05) is 6.07 Å². The number of rotatable bonds is 4. The SMILES string of the molecule is O=C1C(=O)N(c2ccc(N3CCCCC3)cc2)C(c2ccccn2)/C1=C(\O)c1ccncc1. The van der Waals surface area contributed by atoms with Crippen molar-refractivity contribution in [3.63, 3.8) is 0 Å². The number of aliphatic hydroxyl groups is 1. The average molecular weight is 441 g/mol. The molecule has 0 saturated carbocycles. The summed E-state index contributed by atoms with van der Waals surface area (Å²) in [5.41, 5.74) is 2.63. The van der Waals surface area contributed by atoms with Crippen LogP contribution in [0.5, 0.6) is 0 Å². The molecule has 7 heteroatoms. The maximum atomic E-state index is 13.2. The average Bonchev–Trinajstić information content (AvgIpc) is 3.15. The molecule has 1 amide bonds. The molecule has 1 unspecified atom stereocenters. The van der Waals surface area contributed by atoms with Crippen LogP contribution in [0.15, 0.2) is 78.8 Å². The van der Waals surface area contributed by atoms with Gasteiger partial charge in [0.05, 0.1) is 11.3 Å². The summed E-state index contributed by atoms with van der Waals surface area (Å²) >= 11 is 0. The second kappa shape index (κ2) is 8.86. The summed E-state index contributed by atoms with van der Waals surface area (Å²) in [6.07, 6.45) is 8.26. The van der Waals surface area contributed by atoms with Gasteiger partial charge in [0.2, 0.25) is 0 Å². The van der Waals surface area contributed by atoms with Gasteiger partial charge in [-0.15, -0.1) is 0 Å². The number of hydrogen-bond acceptors (Lipinski definition) is 6. The van der Waals surface area contributed by atoms with Crippen molar-refractivity contribution in [1.29, 1.82) is 0 Å². The lowest BCUT2D eigenvalue weighted by atomic mass is 9.98. The van der Waals surface area contributed by atoms with Crippen LogP contribution in [0.2, 0.25) is 0 Å². The van der Waals surface area contributed by atoms with E-state index in [4.69, 9.17) is 0 Å². The number of amides is 1. The summed E-state index contributed by atoms with van der Waals surface area (Å²) in [5.74, 6) is -1.66. The van der Waals surface area contributed by atoms with Crippen LogP contribution in [0.25, 0.3) is 5.76 Å². The van der Waals surface area contributed by atoms with E-state index in [9.17, 15) is 14.7 Å². The van der Waals surface area contributed by atoms with E-state index in [1.54, 1.807) is 36.5 Å². The Morgan fingerprint density at radius 1 is 0.848 bits per heavy atom. The number of nitrogens with zero attached hydrogens (tertiary/aromatic N) is 4. The molecule has 0 aliphatic carbocycles. The maximum Gasteiger partial charge on any atom is 0.300 e.